The Kier molecular flexibility index (Phi) is 4.77. The van der Waals surface area contributed by atoms with E-state index in [-0.39, 0.29) is 10.8 Å². The number of hydrogen-bond acceptors (Lipinski definition) is 6. The van der Waals surface area contributed by atoms with Crippen LogP contribution in [-0.2, 0) is 19.1 Å². The first kappa shape index (κ1) is 16.4. The molecule has 1 atom stereocenters. The third-order valence-electron chi connectivity index (χ3n) is 3.47. The molecule has 1 aliphatic heterocycles. The fourth-order valence-corrected chi connectivity index (χ4v) is 3.44. The topological polar surface area (TPSA) is 59.1 Å². The number of ether oxygens (including phenoxy) is 2. The first-order valence-corrected chi connectivity index (χ1v) is 7.38. The molecular formula is C15H18N2O4S. The Morgan fingerprint density at radius 2 is 1.95 bits per heavy atom. The molecule has 118 valence electrons. The van der Waals surface area contributed by atoms with Gasteiger partial charge in [0.1, 0.15) is 0 Å². The summed E-state index contributed by atoms with van der Waals surface area (Å²) in [5.74, 6) is -0.862. The molecule has 1 fully saturated rings. The number of carbonyl (C=O) groups excluding carboxylic acids is 2. The zero-order valence-corrected chi connectivity index (χ0v) is 13.7. The van der Waals surface area contributed by atoms with Crippen LogP contribution in [0.1, 0.15) is 0 Å². The molecule has 2 rings (SSSR count). The van der Waals surface area contributed by atoms with Crippen molar-refractivity contribution in [2.45, 2.75) is 5.18 Å². The highest BCUT2D eigenvalue weighted by Crippen LogP contribution is 2.46. The van der Waals surface area contributed by atoms with Crippen molar-refractivity contribution in [3.05, 3.63) is 41.3 Å². The lowest BCUT2D eigenvalue weighted by molar-refractivity contribution is -0.138. The Morgan fingerprint density at radius 3 is 2.50 bits per heavy atom. The SMILES string of the molecule is COC(=O)/C=C1/S[C@](OC)(N(C)c2ccccc2)N(C)C1=O. The van der Waals surface area contributed by atoms with Gasteiger partial charge in [-0.25, -0.2) is 4.79 Å². The summed E-state index contributed by atoms with van der Waals surface area (Å²) >= 11 is 1.16. The molecule has 22 heavy (non-hydrogen) atoms. The second-order valence-corrected chi connectivity index (χ2v) is 5.82. The maximum Gasteiger partial charge on any atom is 0.331 e. The first-order valence-electron chi connectivity index (χ1n) is 6.57. The van der Waals surface area contributed by atoms with Crippen molar-refractivity contribution in [2.24, 2.45) is 0 Å². The largest absolute Gasteiger partial charge is 0.466 e. The number of esters is 1. The molecule has 0 N–H and O–H groups in total. The monoisotopic (exact) mass is 322 g/mol. The van der Waals surface area contributed by atoms with Crippen LogP contribution < -0.4 is 4.90 Å². The number of carbonyl (C=O) groups is 2. The van der Waals surface area contributed by atoms with Gasteiger partial charge in [-0.05, 0) is 23.9 Å². The highest BCUT2D eigenvalue weighted by molar-refractivity contribution is 8.05. The van der Waals surface area contributed by atoms with Crippen molar-refractivity contribution < 1.29 is 19.1 Å². The summed E-state index contributed by atoms with van der Waals surface area (Å²) in [5.41, 5.74) is 0.885. The molecule has 1 heterocycles. The third-order valence-corrected chi connectivity index (χ3v) is 4.96. The van der Waals surface area contributed by atoms with E-state index in [1.165, 1.54) is 25.2 Å². The van der Waals surface area contributed by atoms with Gasteiger partial charge >= 0.3 is 5.97 Å². The van der Waals surface area contributed by atoms with Crippen LogP contribution in [-0.4, -0.2) is 50.3 Å². The quantitative estimate of drug-likeness (QED) is 0.477. The fraction of sp³-hybridized carbons (Fsp3) is 0.333. The van der Waals surface area contributed by atoms with E-state index in [1.807, 2.05) is 42.3 Å². The number of likely N-dealkylation sites (N-methyl/N-ethyl adjacent to an activating group) is 1. The van der Waals surface area contributed by atoms with Crippen LogP contribution in [0.4, 0.5) is 5.69 Å². The summed E-state index contributed by atoms with van der Waals surface area (Å²) in [6, 6.07) is 9.56. The number of methoxy groups -OCH3 is 2. The van der Waals surface area contributed by atoms with Gasteiger partial charge in [0.05, 0.1) is 12.0 Å². The lowest BCUT2D eigenvalue weighted by Crippen LogP contribution is -2.55. The normalized spacial score (nSPS) is 23.0. The predicted molar refractivity (Wildman–Crippen MR) is 85.0 cm³/mol. The Morgan fingerprint density at radius 1 is 1.32 bits per heavy atom. The van der Waals surface area contributed by atoms with Crippen molar-refractivity contribution in [3.63, 3.8) is 0 Å². The average Bonchev–Trinajstić information content (AvgIpc) is 2.80. The molecule has 0 bridgehead atoms. The molecule has 7 heteroatoms. The molecule has 0 radical (unpaired) electrons. The van der Waals surface area contributed by atoms with Crippen LogP contribution in [0, 0.1) is 0 Å². The van der Waals surface area contributed by atoms with E-state index in [9.17, 15) is 9.59 Å². The van der Waals surface area contributed by atoms with Gasteiger partial charge in [-0.1, -0.05) is 18.2 Å². The van der Waals surface area contributed by atoms with E-state index < -0.39 is 11.2 Å². The number of amides is 1. The molecular weight excluding hydrogens is 304 g/mol. The number of thioether (sulfide) groups is 1. The van der Waals surface area contributed by atoms with E-state index >= 15 is 0 Å². The standard InChI is InChI=1S/C15H18N2O4S/c1-16(11-8-6-5-7-9-11)15(21-4)17(2)14(19)12(22-15)10-13(18)20-3/h5-10H,1-4H3/b12-10+/t15-/m1/s1. The summed E-state index contributed by atoms with van der Waals surface area (Å²) in [6.07, 6.45) is 1.18. The van der Waals surface area contributed by atoms with Crippen molar-refractivity contribution in [3.8, 4) is 0 Å². The van der Waals surface area contributed by atoms with Crippen LogP contribution in [0.25, 0.3) is 0 Å². The molecule has 0 spiro atoms. The van der Waals surface area contributed by atoms with Gasteiger partial charge < -0.3 is 14.4 Å². The van der Waals surface area contributed by atoms with Gasteiger partial charge in [-0.15, -0.1) is 0 Å². The molecule has 1 aromatic carbocycles. The predicted octanol–water partition coefficient (Wildman–Crippen LogP) is 1.64. The molecule has 1 amide bonds. The first-order chi connectivity index (χ1) is 10.5. The summed E-state index contributed by atoms with van der Waals surface area (Å²) in [5, 5.41) is -1.06. The minimum absolute atomic E-state index is 0.277. The van der Waals surface area contributed by atoms with E-state index in [1.54, 1.807) is 7.05 Å². The number of nitrogens with zero attached hydrogens (tertiary/aromatic N) is 2. The van der Waals surface area contributed by atoms with Gasteiger partial charge in [0.25, 0.3) is 11.1 Å². The Labute approximate surface area is 133 Å². The summed E-state index contributed by atoms with van der Waals surface area (Å²) in [7, 11) is 6.26. The van der Waals surface area contributed by atoms with Crippen molar-refractivity contribution >= 4 is 29.3 Å². The van der Waals surface area contributed by atoms with Crippen molar-refractivity contribution in [2.75, 3.05) is 33.2 Å². The zero-order chi connectivity index (χ0) is 16.3. The van der Waals surface area contributed by atoms with Crippen LogP contribution >= 0.6 is 11.8 Å². The number of anilines is 1. The van der Waals surface area contributed by atoms with Gasteiger partial charge in [0.2, 0.25) is 0 Å². The molecule has 0 saturated carbocycles. The number of para-hydroxylation sites is 1. The fourth-order valence-electron chi connectivity index (χ4n) is 2.23. The van der Waals surface area contributed by atoms with Gasteiger partial charge in [-0.3, -0.25) is 9.69 Å². The lowest BCUT2D eigenvalue weighted by Gasteiger charge is -2.41. The van der Waals surface area contributed by atoms with Gasteiger partial charge in [0.15, 0.2) is 0 Å². The summed E-state index contributed by atoms with van der Waals surface area (Å²) in [6.45, 7) is 0. The van der Waals surface area contributed by atoms with Crippen molar-refractivity contribution in [1.29, 1.82) is 0 Å². The molecule has 0 unspecified atom stereocenters. The second-order valence-electron chi connectivity index (χ2n) is 4.65. The Hall–Kier alpha value is -1.99. The van der Waals surface area contributed by atoms with Crippen LogP contribution in [0.15, 0.2) is 41.3 Å². The molecule has 1 aromatic rings. The molecule has 1 aliphatic rings. The van der Waals surface area contributed by atoms with E-state index in [2.05, 4.69) is 4.74 Å². The van der Waals surface area contributed by atoms with Crippen LogP contribution in [0.5, 0.6) is 0 Å². The van der Waals surface area contributed by atoms with Crippen LogP contribution in [0.3, 0.4) is 0 Å². The molecule has 0 aromatic heterocycles. The maximum absolute atomic E-state index is 12.4. The van der Waals surface area contributed by atoms with Gasteiger partial charge in [-0.2, -0.15) is 0 Å². The maximum atomic E-state index is 12.4. The Bertz CT molecular complexity index is 605. The minimum Gasteiger partial charge on any atom is -0.466 e. The molecule has 0 aliphatic carbocycles. The minimum atomic E-state index is -1.06. The van der Waals surface area contributed by atoms with Gasteiger partial charge in [0, 0.05) is 33.0 Å². The Balaban J connectivity index is 2.40. The third kappa shape index (κ3) is 2.69. The van der Waals surface area contributed by atoms with E-state index in [4.69, 9.17) is 4.74 Å². The number of rotatable bonds is 4. The van der Waals surface area contributed by atoms with Crippen molar-refractivity contribution in [1.82, 2.24) is 4.90 Å². The zero-order valence-electron chi connectivity index (χ0n) is 12.9. The lowest BCUT2D eigenvalue weighted by atomic mass is 10.3. The van der Waals surface area contributed by atoms with E-state index in [0.29, 0.717) is 0 Å². The number of benzene rings is 1. The van der Waals surface area contributed by atoms with E-state index in [0.717, 1.165) is 17.4 Å². The summed E-state index contributed by atoms with van der Waals surface area (Å²) < 4.78 is 10.2. The average molecular weight is 322 g/mol. The highest BCUT2D eigenvalue weighted by atomic mass is 32.2. The smallest absolute Gasteiger partial charge is 0.331 e. The summed E-state index contributed by atoms with van der Waals surface area (Å²) in [4.78, 5) is 27.4. The molecule has 1 saturated heterocycles. The van der Waals surface area contributed by atoms with Crippen LogP contribution in [0.2, 0.25) is 0 Å². The highest BCUT2D eigenvalue weighted by Gasteiger charge is 2.51. The molecule has 6 nitrogen and oxygen atoms in total. The second kappa shape index (κ2) is 6.41. The number of hydrogen-bond donors (Lipinski definition) is 0.